The molecule has 0 amide bonds. The molecule has 0 spiro atoms. The maximum absolute atomic E-state index is 6.15. The fourth-order valence-corrected chi connectivity index (χ4v) is 6.66. The molecule has 0 saturated heterocycles. The number of hydrogen-bond donors (Lipinski definition) is 2. The molecule has 2 nitrogen and oxygen atoms in total. The van der Waals surface area contributed by atoms with Gasteiger partial charge in [0.15, 0.2) is 0 Å². The Bertz CT molecular complexity index is 1510. The fourth-order valence-electron chi connectivity index (χ4n) is 5.55. The van der Waals surface area contributed by atoms with Crippen molar-refractivity contribution >= 4 is 27.2 Å². The first kappa shape index (κ1) is 49.0. The molecule has 2 unspecified atom stereocenters. The van der Waals surface area contributed by atoms with Gasteiger partial charge < -0.3 is 5.73 Å². The van der Waals surface area contributed by atoms with Gasteiger partial charge in [-0.25, -0.2) is 0 Å². The zero-order chi connectivity index (χ0) is 39.7. The van der Waals surface area contributed by atoms with Crippen LogP contribution in [0.1, 0.15) is 148 Å². The average molecular weight is 727 g/mol. The van der Waals surface area contributed by atoms with Crippen LogP contribution in [-0.2, 0) is 6.42 Å². The molecule has 1 heterocycles. The zero-order valence-electron chi connectivity index (χ0n) is 35.8. The van der Waals surface area contributed by atoms with E-state index in [4.69, 9.17) is 5.73 Å². The highest BCUT2D eigenvalue weighted by atomic mass is 32.2. The third kappa shape index (κ3) is 18.2. The normalized spacial score (nSPS) is 14.6. The van der Waals surface area contributed by atoms with Crippen LogP contribution in [0.2, 0.25) is 0 Å². The lowest BCUT2D eigenvalue weighted by Gasteiger charge is -2.28. The third-order valence-corrected chi connectivity index (χ3v) is 10.4. The van der Waals surface area contributed by atoms with Gasteiger partial charge in [0, 0.05) is 12.6 Å². The highest BCUT2D eigenvalue weighted by Gasteiger charge is 2.23. The Labute approximate surface area is 325 Å². The number of rotatable bonds is 11. The van der Waals surface area contributed by atoms with Gasteiger partial charge in [-0.2, -0.15) is 0 Å². The minimum absolute atomic E-state index is 0.0247. The smallest absolute Gasteiger partial charge is 0.0262 e. The van der Waals surface area contributed by atoms with E-state index < -0.39 is 0 Å². The molecule has 3 aromatic rings. The first-order valence-electron chi connectivity index (χ1n) is 20.0. The summed E-state index contributed by atoms with van der Waals surface area (Å²) < 4.78 is 3.35. The lowest BCUT2D eigenvalue weighted by molar-refractivity contribution is 0.362. The Hall–Kier alpha value is -2.98. The summed E-state index contributed by atoms with van der Waals surface area (Å²) in [6.07, 6.45) is 13.9. The van der Waals surface area contributed by atoms with Crippen molar-refractivity contribution in [1.29, 1.82) is 0 Å². The highest BCUT2D eigenvalue weighted by Crippen LogP contribution is 2.41. The molecular weight excluding hydrogens is 649 g/mol. The predicted molar refractivity (Wildman–Crippen MR) is 245 cm³/mol. The number of benzene rings is 3. The van der Waals surface area contributed by atoms with E-state index in [-0.39, 0.29) is 11.5 Å². The Balaban J connectivity index is 0.00000135. The van der Waals surface area contributed by atoms with Crippen molar-refractivity contribution in [2.45, 2.75) is 140 Å². The Morgan fingerprint density at radius 1 is 0.923 bits per heavy atom. The molecule has 1 aliphatic rings. The van der Waals surface area contributed by atoms with Gasteiger partial charge in [0.2, 0.25) is 0 Å². The maximum Gasteiger partial charge on any atom is 0.0262 e. The van der Waals surface area contributed by atoms with Crippen molar-refractivity contribution in [3.05, 3.63) is 120 Å². The van der Waals surface area contributed by atoms with Crippen LogP contribution in [0.5, 0.6) is 0 Å². The van der Waals surface area contributed by atoms with Crippen LogP contribution in [0.25, 0.3) is 22.3 Å². The second-order valence-electron chi connectivity index (χ2n) is 14.5. The minimum Gasteiger partial charge on any atom is -0.324 e. The molecule has 0 aliphatic carbocycles. The third-order valence-electron chi connectivity index (χ3n) is 9.02. The summed E-state index contributed by atoms with van der Waals surface area (Å²) in [5, 5.41) is 2.35. The van der Waals surface area contributed by atoms with Crippen LogP contribution >= 0.6 is 10.7 Å². The number of hydrogen-bond acceptors (Lipinski definition) is 2. The average Bonchev–Trinajstić information content (AvgIpc) is 3.15. The highest BCUT2D eigenvalue weighted by molar-refractivity contribution is 8.12. The van der Waals surface area contributed by atoms with Crippen molar-refractivity contribution in [3.63, 3.8) is 0 Å². The Morgan fingerprint density at radius 3 is 2.04 bits per heavy atom. The van der Waals surface area contributed by atoms with Gasteiger partial charge in [0.1, 0.15) is 0 Å². The summed E-state index contributed by atoms with van der Waals surface area (Å²) in [5.74, 6) is 0.480. The maximum atomic E-state index is 6.15. The molecule has 0 radical (unpaired) electrons. The number of nitrogens with one attached hydrogen (secondary N) is 1. The number of nitrogens with two attached hydrogens (primary N) is 1. The van der Waals surface area contributed by atoms with Crippen molar-refractivity contribution in [3.8, 4) is 11.1 Å². The van der Waals surface area contributed by atoms with Gasteiger partial charge in [-0.15, -0.1) is 23.8 Å². The molecule has 0 saturated carbocycles. The van der Waals surface area contributed by atoms with Crippen molar-refractivity contribution in [2.24, 2.45) is 11.1 Å². The molecule has 52 heavy (non-hydrogen) atoms. The number of aryl methyl sites for hydroxylation is 1. The van der Waals surface area contributed by atoms with Crippen LogP contribution in [0.4, 0.5) is 0 Å². The summed E-state index contributed by atoms with van der Waals surface area (Å²) in [4.78, 5) is 0. The van der Waals surface area contributed by atoms with Crippen LogP contribution in [0.15, 0.2) is 92.0 Å². The van der Waals surface area contributed by atoms with Crippen LogP contribution in [0.3, 0.4) is 0 Å². The van der Waals surface area contributed by atoms with Crippen molar-refractivity contribution in [1.82, 2.24) is 4.72 Å². The summed E-state index contributed by atoms with van der Waals surface area (Å²) >= 11 is 0. The zero-order valence-corrected chi connectivity index (χ0v) is 36.6. The molecule has 3 aromatic carbocycles. The second-order valence-corrected chi connectivity index (χ2v) is 16.3. The lowest BCUT2D eigenvalue weighted by Crippen LogP contribution is -2.19. The molecule has 290 valence electrons. The van der Waals surface area contributed by atoms with Crippen molar-refractivity contribution in [2.75, 3.05) is 12.8 Å². The van der Waals surface area contributed by atoms with E-state index in [9.17, 15) is 0 Å². The van der Waals surface area contributed by atoms with Crippen molar-refractivity contribution < 1.29 is 0 Å². The molecular formula is C49H78N2S. The van der Waals surface area contributed by atoms with E-state index in [0.29, 0.717) is 16.6 Å². The second kappa shape index (κ2) is 27.6. The first-order chi connectivity index (χ1) is 24.8. The van der Waals surface area contributed by atoms with Gasteiger partial charge >= 0.3 is 0 Å². The van der Waals surface area contributed by atoms with Gasteiger partial charge in [0.25, 0.3) is 0 Å². The summed E-state index contributed by atoms with van der Waals surface area (Å²) in [6.45, 7) is 35.1. The monoisotopic (exact) mass is 727 g/mol. The van der Waals surface area contributed by atoms with Gasteiger partial charge in [0.05, 0.1) is 0 Å². The van der Waals surface area contributed by atoms with E-state index in [1.165, 1.54) is 75.9 Å². The standard InChI is InChI=1S/C35H45N.C5H11NS.C4H8.C3H8.C2H6/c1-9-30(36)21-27-14-13-15-28(20-27)29-19-18-25(5)33(22-29)34(23-35(7,8)10-2)26(6)32-17-12-11-16-31(32)24(3)4;1-7-5-3-2-4-6-7;1-3-4-2;1-3-2;1-2/h9,11-20,22,24,30H,1,10,21,23,36H2,2-8H3;5-6H,2-4H2,1H3;3H,1,4H2,2H3;3H2,1-2H3;1-2H3/b34-26+;;;;. The van der Waals surface area contributed by atoms with Crippen LogP contribution in [-0.4, -0.2) is 24.2 Å². The molecule has 2 atom stereocenters. The van der Waals surface area contributed by atoms with Crippen LogP contribution < -0.4 is 10.5 Å². The van der Waals surface area contributed by atoms with E-state index in [0.717, 1.165) is 25.7 Å². The molecule has 1 aliphatic heterocycles. The van der Waals surface area contributed by atoms with E-state index in [1.807, 2.05) is 26.0 Å². The predicted octanol–water partition coefficient (Wildman–Crippen LogP) is 14.6. The SMILES string of the molecule is C=CC(N)Cc1cccc(-c2ccc(C)c(/C(CC(C)(C)CC)=C(\C)c3ccccc3C(C)C)c2)c1.C=CCC.CC.CCC.CS1=CCCCN1. The molecule has 4 rings (SSSR count). The quantitative estimate of drug-likeness (QED) is 0.117. The van der Waals surface area contributed by atoms with Gasteiger partial charge in [-0.1, -0.05) is 155 Å². The summed E-state index contributed by atoms with van der Waals surface area (Å²) in [7, 11) is 0.435. The van der Waals surface area contributed by atoms with Crippen LogP contribution in [0, 0.1) is 12.3 Å². The first-order valence-corrected chi connectivity index (χ1v) is 21.7. The Kier molecular flexibility index (Phi) is 26.0. The molecule has 3 heteroatoms. The van der Waals surface area contributed by atoms with E-state index in [2.05, 4.69) is 165 Å². The summed E-state index contributed by atoms with van der Waals surface area (Å²) in [6, 6.07) is 24.6. The Morgan fingerprint density at radius 2 is 1.54 bits per heavy atom. The van der Waals surface area contributed by atoms with E-state index >= 15 is 0 Å². The van der Waals surface area contributed by atoms with Gasteiger partial charge in [-0.05, 0) is 125 Å². The fraction of sp³-hybridized carbons (Fsp3) is 0.490. The molecule has 0 bridgehead atoms. The lowest BCUT2D eigenvalue weighted by atomic mass is 9.77. The largest absolute Gasteiger partial charge is 0.324 e. The van der Waals surface area contributed by atoms with E-state index in [1.54, 1.807) is 0 Å². The minimum atomic E-state index is -0.0247. The molecule has 0 fully saturated rings. The molecule has 3 N–H and O–H groups in total. The number of allylic oxidation sites excluding steroid dienone is 3. The summed E-state index contributed by atoms with van der Waals surface area (Å²) in [5.41, 5.74) is 18.4. The van der Waals surface area contributed by atoms with Gasteiger partial charge in [-0.3, -0.25) is 4.72 Å². The topological polar surface area (TPSA) is 38.0 Å². The molecule has 0 aromatic heterocycles.